The van der Waals surface area contributed by atoms with E-state index in [0.29, 0.717) is 0 Å². The molecule has 0 fully saturated rings. The molecule has 5 heteroatoms. The van der Waals surface area contributed by atoms with Gasteiger partial charge >= 0.3 is 0 Å². The molecule has 0 atom stereocenters. The van der Waals surface area contributed by atoms with Crippen LogP contribution < -0.4 is 11.1 Å². The molecule has 0 saturated carbocycles. The van der Waals surface area contributed by atoms with Crippen LogP contribution in [0.5, 0.6) is 0 Å². The molecule has 0 amide bonds. The minimum atomic E-state index is 0.742. The molecular formula is C14H19BrN4. The third-order valence-corrected chi connectivity index (χ3v) is 3.58. The fourth-order valence-electron chi connectivity index (χ4n) is 2.06. The number of rotatable bonds is 4. The van der Waals surface area contributed by atoms with Gasteiger partial charge < -0.3 is 11.1 Å². The molecule has 0 bridgehead atoms. The Morgan fingerprint density at radius 3 is 2.79 bits per heavy atom. The third kappa shape index (κ3) is 2.92. The molecular weight excluding hydrogens is 304 g/mol. The van der Waals surface area contributed by atoms with Crippen molar-refractivity contribution in [3.63, 3.8) is 0 Å². The lowest BCUT2D eigenvalue weighted by molar-refractivity contribution is 0.740. The van der Waals surface area contributed by atoms with Gasteiger partial charge in [-0.05, 0) is 37.1 Å². The first-order valence-electron chi connectivity index (χ1n) is 6.37. The van der Waals surface area contributed by atoms with E-state index in [4.69, 9.17) is 5.73 Å². The van der Waals surface area contributed by atoms with E-state index in [1.807, 2.05) is 23.9 Å². The van der Waals surface area contributed by atoms with E-state index >= 15 is 0 Å². The van der Waals surface area contributed by atoms with Gasteiger partial charge in [0.15, 0.2) is 5.82 Å². The number of benzene rings is 1. The fourth-order valence-corrected chi connectivity index (χ4v) is 2.54. The monoisotopic (exact) mass is 322 g/mol. The van der Waals surface area contributed by atoms with Crippen molar-refractivity contribution in [2.75, 3.05) is 11.1 Å². The van der Waals surface area contributed by atoms with E-state index in [1.165, 1.54) is 0 Å². The van der Waals surface area contributed by atoms with Crippen molar-refractivity contribution in [1.29, 1.82) is 0 Å². The molecule has 1 aromatic heterocycles. The van der Waals surface area contributed by atoms with Crippen LogP contribution in [0.3, 0.4) is 0 Å². The first kappa shape index (κ1) is 13.9. The van der Waals surface area contributed by atoms with Crippen molar-refractivity contribution in [3.05, 3.63) is 33.9 Å². The Balaban J connectivity index is 2.33. The van der Waals surface area contributed by atoms with Gasteiger partial charge in [-0.1, -0.05) is 29.3 Å². The highest BCUT2D eigenvalue weighted by atomic mass is 79.9. The number of nitrogens with two attached hydrogens (primary N) is 1. The Bertz CT molecular complexity index is 589. The lowest BCUT2D eigenvalue weighted by atomic mass is 10.2. The second-order valence-electron chi connectivity index (χ2n) is 4.67. The van der Waals surface area contributed by atoms with Gasteiger partial charge in [-0.15, -0.1) is 0 Å². The van der Waals surface area contributed by atoms with Gasteiger partial charge in [-0.3, -0.25) is 4.68 Å². The van der Waals surface area contributed by atoms with Crippen molar-refractivity contribution in [1.82, 2.24) is 9.78 Å². The Kier molecular flexibility index (Phi) is 4.14. The maximum absolute atomic E-state index is 6.16. The molecule has 0 saturated heterocycles. The summed E-state index contributed by atoms with van der Waals surface area (Å²) >= 11 is 3.47. The quantitative estimate of drug-likeness (QED) is 0.900. The number of nitrogen functional groups attached to an aromatic ring is 1. The maximum atomic E-state index is 6.16. The lowest BCUT2D eigenvalue weighted by Crippen LogP contribution is -2.02. The van der Waals surface area contributed by atoms with E-state index in [-0.39, 0.29) is 0 Å². The van der Waals surface area contributed by atoms with Crippen LogP contribution in [0.15, 0.2) is 22.7 Å². The fraction of sp³-hybridized carbons (Fsp3) is 0.357. The predicted molar refractivity (Wildman–Crippen MR) is 83.8 cm³/mol. The van der Waals surface area contributed by atoms with Crippen LogP contribution in [0.25, 0.3) is 0 Å². The van der Waals surface area contributed by atoms with Crippen molar-refractivity contribution < 1.29 is 0 Å². The van der Waals surface area contributed by atoms with Gasteiger partial charge in [0.25, 0.3) is 0 Å². The summed E-state index contributed by atoms with van der Waals surface area (Å²) in [5.74, 6) is 0.855. The number of hydrogen-bond acceptors (Lipinski definition) is 3. The molecule has 102 valence electrons. The number of aryl methyl sites for hydroxylation is 3. The van der Waals surface area contributed by atoms with E-state index in [2.05, 4.69) is 46.3 Å². The molecule has 0 spiro atoms. The Morgan fingerprint density at radius 2 is 2.16 bits per heavy atom. The molecule has 0 aliphatic heterocycles. The summed E-state index contributed by atoms with van der Waals surface area (Å²) in [6.07, 6.45) is 1.94. The normalized spacial score (nSPS) is 10.7. The topological polar surface area (TPSA) is 55.9 Å². The Labute approximate surface area is 122 Å². The molecule has 4 nitrogen and oxygen atoms in total. The smallest absolute Gasteiger partial charge is 0.152 e. The van der Waals surface area contributed by atoms with Gasteiger partial charge in [-0.2, -0.15) is 5.10 Å². The van der Waals surface area contributed by atoms with E-state index < -0.39 is 0 Å². The van der Waals surface area contributed by atoms with Crippen LogP contribution in [-0.4, -0.2) is 9.78 Å². The molecule has 2 rings (SSSR count). The van der Waals surface area contributed by atoms with Crippen molar-refractivity contribution in [2.24, 2.45) is 7.05 Å². The molecule has 2 aromatic rings. The molecule has 0 unspecified atom stereocenters. The van der Waals surface area contributed by atoms with E-state index in [0.717, 1.165) is 45.8 Å². The van der Waals surface area contributed by atoms with Gasteiger partial charge in [0, 0.05) is 17.2 Å². The van der Waals surface area contributed by atoms with Gasteiger partial charge in [0.1, 0.15) is 0 Å². The second kappa shape index (κ2) is 5.65. The number of anilines is 3. The zero-order valence-corrected chi connectivity index (χ0v) is 13.1. The third-order valence-electron chi connectivity index (χ3n) is 3.09. The zero-order chi connectivity index (χ0) is 14.0. The first-order valence-corrected chi connectivity index (χ1v) is 7.16. The summed E-state index contributed by atoms with van der Waals surface area (Å²) in [5.41, 5.74) is 10.1. The Morgan fingerprint density at radius 1 is 1.42 bits per heavy atom. The summed E-state index contributed by atoms with van der Waals surface area (Å²) < 4.78 is 2.88. The predicted octanol–water partition coefficient (Wildman–Crippen LogP) is 3.77. The number of nitrogens with zero attached hydrogens (tertiary/aromatic N) is 2. The van der Waals surface area contributed by atoms with Crippen LogP contribution in [-0.2, 0) is 13.5 Å². The molecule has 0 radical (unpaired) electrons. The van der Waals surface area contributed by atoms with E-state index in [1.54, 1.807) is 0 Å². The summed E-state index contributed by atoms with van der Waals surface area (Å²) in [4.78, 5) is 0. The second-order valence-corrected chi connectivity index (χ2v) is 5.58. The highest BCUT2D eigenvalue weighted by Gasteiger charge is 2.13. The van der Waals surface area contributed by atoms with Crippen LogP contribution >= 0.6 is 15.9 Å². The number of halogens is 1. The lowest BCUT2D eigenvalue weighted by Gasteiger charge is -2.10. The first-order chi connectivity index (χ1) is 9.02. The number of hydrogen-bond donors (Lipinski definition) is 2. The molecule has 1 aromatic carbocycles. The summed E-state index contributed by atoms with van der Waals surface area (Å²) in [6, 6.07) is 6.11. The van der Waals surface area contributed by atoms with Gasteiger partial charge in [-0.25, -0.2) is 0 Å². The van der Waals surface area contributed by atoms with Crippen molar-refractivity contribution >= 4 is 33.1 Å². The molecule has 0 aliphatic carbocycles. The van der Waals surface area contributed by atoms with Crippen molar-refractivity contribution in [3.8, 4) is 0 Å². The minimum absolute atomic E-state index is 0.742. The molecule has 0 aliphatic rings. The van der Waals surface area contributed by atoms with Gasteiger partial charge in [0.05, 0.1) is 11.4 Å². The molecule has 3 N–H and O–H groups in total. The van der Waals surface area contributed by atoms with Crippen LogP contribution in [0, 0.1) is 6.92 Å². The Hall–Kier alpha value is -1.49. The molecule has 19 heavy (non-hydrogen) atoms. The standard InChI is InChI=1S/C14H19BrN4/c1-4-5-12-13(16)14(19(3)18-12)17-11-7-6-10(15)8-9(11)2/h6-8,17H,4-5,16H2,1-3H3. The highest BCUT2D eigenvalue weighted by molar-refractivity contribution is 9.10. The maximum Gasteiger partial charge on any atom is 0.152 e. The highest BCUT2D eigenvalue weighted by Crippen LogP contribution is 2.29. The van der Waals surface area contributed by atoms with Crippen LogP contribution in [0.2, 0.25) is 0 Å². The summed E-state index contributed by atoms with van der Waals surface area (Å²) in [7, 11) is 1.91. The zero-order valence-electron chi connectivity index (χ0n) is 11.5. The molecule has 1 heterocycles. The van der Waals surface area contributed by atoms with Crippen LogP contribution in [0.1, 0.15) is 24.6 Å². The average molecular weight is 323 g/mol. The largest absolute Gasteiger partial charge is 0.394 e. The SMILES string of the molecule is CCCc1nn(C)c(Nc2ccc(Br)cc2C)c1N. The minimum Gasteiger partial charge on any atom is -0.394 e. The van der Waals surface area contributed by atoms with Crippen LogP contribution in [0.4, 0.5) is 17.2 Å². The number of nitrogens with one attached hydrogen (secondary N) is 1. The van der Waals surface area contributed by atoms with Gasteiger partial charge in [0.2, 0.25) is 0 Å². The summed E-state index contributed by atoms with van der Waals surface area (Å²) in [5, 5.41) is 7.83. The van der Waals surface area contributed by atoms with Crippen molar-refractivity contribution in [2.45, 2.75) is 26.7 Å². The number of aromatic nitrogens is 2. The summed E-state index contributed by atoms with van der Waals surface area (Å²) in [6.45, 7) is 4.19. The average Bonchev–Trinajstić information content (AvgIpc) is 2.60. The van der Waals surface area contributed by atoms with E-state index in [9.17, 15) is 0 Å².